The van der Waals surface area contributed by atoms with Crippen LogP contribution >= 0.6 is 0 Å². The first-order chi connectivity index (χ1) is 15.4. The molecule has 7 nitrogen and oxygen atoms in total. The van der Waals surface area contributed by atoms with Crippen molar-refractivity contribution in [1.29, 1.82) is 0 Å². The largest absolute Gasteiger partial charge is 0.341 e. The third-order valence-electron chi connectivity index (χ3n) is 6.16. The average Bonchev–Trinajstić information content (AvgIpc) is 3.09. The van der Waals surface area contributed by atoms with Crippen molar-refractivity contribution in [1.82, 2.24) is 9.21 Å². The van der Waals surface area contributed by atoms with Crippen LogP contribution in [-0.4, -0.2) is 69.6 Å². The zero-order valence-corrected chi connectivity index (χ0v) is 21.2. The zero-order valence-electron chi connectivity index (χ0n) is 19.6. The van der Waals surface area contributed by atoms with Gasteiger partial charge in [0, 0.05) is 19.6 Å². The molecule has 0 radical (unpaired) electrons. The van der Waals surface area contributed by atoms with Crippen LogP contribution in [0.5, 0.6) is 0 Å². The molecule has 1 unspecified atom stereocenters. The molecule has 180 valence electrons. The number of likely N-dealkylation sites (N-methyl/N-ethyl adjacent to an activating group) is 1. The summed E-state index contributed by atoms with van der Waals surface area (Å²) in [6, 6.07) is 12.7. The lowest BCUT2D eigenvalue weighted by atomic mass is 10.1. The molecule has 9 heteroatoms. The van der Waals surface area contributed by atoms with E-state index >= 15 is 0 Å². The fraction of sp³-hybridized carbons (Fsp3) is 0.458. The Balaban J connectivity index is 1.90. The second-order valence-electron chi connectivity index (χ2n) is 8.86. The molecule has 0 saturated carbocycles. The number of benzene rings is 2. The Kier molecular flexibility index (Phi) is 7.65. The molecule has 1 saturated heterocycles. The molecule has 1 heterocycles. The fourth-order valence-electron chi connectivity index (χ4n) is 4.43. The minimum atomic E-state index is -3.96. The second kappa shape index (κ2) is 9.95. The van der Waals surface area contributed by atoms with Gasteiger partial charge in [0.05, 0.1) is 22.9 Å². The predicted molar refractivity (Wildman–Crippen MR) is 129 cm³/mol. The van der Waals surface area contributed by atoms with Gasteiger partial charge >= 0.3 is 0 Å². The second-order valence-corrected chi connectivity index (χ2v) is 13.0. The predicted octanol–water partition coefficient (Wildman–Crippen LogP) is 2.49. The van der Waals surface area contributed by atoms with Gasteiger partial charge in [0.25, 0.3) is 0 Å². The van der Waals surface area contributed by atoms with Crippen molar-refractivity contribution < 1.29 is 21.6 Å². The maximum absolute atomic E-state index is 13.7. The van der Waals surface area contributed by atoms with E-state index in [9.17, 15) is 21.6 Å². The lowest BCUT2D eigenvalue weighted by Crippen LogP contribution is -2.46. The summed E-state index contributed by atoms with van der Waals surface area (Å²) in [5.74, 6) is -0.439. The summed E-state index contributed by atoms with van der Waals surface area (Å²) >= 11 is 0. The number of nitrogens with zero attached hydrogens (tertiary/aromatic N) is 2. The first kappa shape index (κ1) is 25.4. The summed E-state index contributed by atoms with van der Waals surface area (Å²) in [6.45, 7) is 5.24. The Morgan fingerprint density at radius 2 is 1.67 bits per heavy atom. The number of carbonyl (C=O) groups excluding carboxylic acids is 1. The van der Waals surface area contributed by atoms with Crippen LogP contribution in [0.3, 0.4) is 0 Å². The highest BCUT2D eigenvalue weighted by molar-refractivity contribution is 7.91. The topological polar surface area (TPSA) is 91.8 Å². The Labute approximate surface area is 197 Å². The van der Waals surface area contributed by atoms with E-state index in [1.54, 1.807) is 20.9 Å². The Morgan fingerprint density at radius 3 is 2.21 bits per heavy atom. The quantitative estimate of drug-likeness (QED) is 0.565. The monoisotopic (exact) mass is 492 g/mol. The number of amides is 1. The molecule has 33 heavy (non-hydrogen) atoms. The van der Waals surface area contributed by atoms with Crippen LogP contribution in [0.2, 0.25) is 0 Å². The summed E-state index contributed by atoms with van der Waals surface area (Å²) in [6.07, 6.45) is 0.830. The maximum atomic E-state index is 13.7. The van der Waals surface area contributed by atoms with Crippen LogP contribution < -0.4 is 0 Å². The minimum absolute atomic E-state index is 0.0487. The SMILES string of the molecule is Cc1cc(C)c(S(=O)(=O)N(CCc2ccccc2)CC(=O)N(C)C2CCS(=O)(=O)C2)c(C)c1. The molecule has 0 aromatic heterocycles. The van der Waals surface area contributed by atoms with Gasteiger partial charge in [-0.3, -0.25) is 4.79 Å². The van der Waals surface area contributed by atoms with Gasteiger partial charge in [-0.15, -0.1) is 0 Å². The van der Waals surface area contributed by atoms with Crippen LogP contribution in [0, 0.1) is 20.8 Å². The van der Waals surface area contributed by atoms with Crippen molar-refractivity contribution in [3.05, 3.63) is 64.7 Å². The van der Waals surface area contributed by atoms with Crippen molar-refractivity contribution in [3.63, 3.8) is 0 Å². The third kappa shape index (κ3) is 6.02. The first-order valence-corrected chi connectivity index (χ1v) is 14.2. The molecule has 2 aromatic rings. The van der Waals surface area contributed by atoms with Crippen molar-refractivity contribution >= 4 is 25.8 Å². The van der Waals surface area contributed by atoms with Gasteiger partial charge in [0.15, 0.2) is 9.84 Å². The minimum Gasteiger partial charge on any atom is -0.341 e. The molecule has 0 N–H and O–H groups in total. The molecule has 1 aliphatic heterocycles. The number of hydrogen-bond acceptors (Lipinski definition) is 5. The molecule has 2 aromatic carbocycles. The normalized spacial score (nSPS) is 17.9. The van der Waals surface area contributed by atoms with Crippen molar-refractivity contribution in [3.8, 4) is 0 Å². The third-order valence-corrected chi connectivity index (χ3v) is 10.1. The van der Waals surface area contributed by atoms with Crippen LogP contribution in [0.1, 0.15) is 28.7 Å². The molecule has 0 bridgehead atoms. The van der Waals surface area contributed by atoms with E-state index in [0.717, 1.165) is 11.1 Å². The van der Waals surface area contributed by atoms with Gasteiger partial charge in [-0.1, -0.05) is 48.0 Å². The van der Waals surface area contributed by atoms with Gasteiger partial charge in [-0.25, -0.2) is 16.8 Å². The van der Waals surface area contributed by atoms with Crippen molar-refractivity contribution in [2.75, 3.05) is 31.6 Å². The van der Waals surface area contributed by atoms with Crippen molar-refractivity contribution in [2.45, 2.75) is 44.6 Å². The number of sulfone groups is 1. The van der Waals surface area contributed by atoms with Gasteiger partial charge in [0.1, 0.15) is 0 Å². The summed E-state index contributed by atoms with van der Waals surface area (Å²) in [4.78, 5) is 14.7. The summed E-state index contributed by atoms with van der Waals surface area (Å²) in [5, 5.41) is 0. The number of rotatable bonds is 8. The Bertz CT molecular complexity index is 1200. The van der Waals surface area contributed by atoms with E-state index in [1.807, 2.05) is 49.4 Å². The van der Waals surface area contributed by atoms with Gasteiger partial charge < -0.3 is 4.90 Å². The summed E-state index contributed by atoms with van der Waals surface area (Å²) in [7, 11) is -5.56. The van der Waals surface area contributed by atoms with Gasteiger partial charge in [-0.2, -0.15) is 4.31 Å². The molecule has 0 aliphatic carbocycles. The Morgan fingerprint density at radius 1 is 1.06 bits per heavy atom. The maximum Gasteiger partial charge on any atom is 0.244 e. The van der Waals surface area contributed by atoms with Crippen LogP contribution in [0.25, 0.3) is 0 Å². The van der Waals surface area contributed by atoms with Gasteiger partial charge in [-0.05, 0) is 50.3 Å². The number of hydrogen-bond donors (Lipinski definition) is 0. The zero-order chi connectivity index (χ0) is 24.4. The fourth-order valence-corrected chi connectivity index (χ4v) is 8.01. The highest BCUT2D eigenvalue weighted by atomic mass is 32.2. The van der Waals surface area contributed by atoms with E-state index in [2.05, 4.69) is 0 Å². The molecule has 1 atom stereocenters. The van der Waals surface area contributed by atoms with Crippen molar-refractivity contribution in [2.24, 2.45) is 0 Å². The molecule has 1 fully saturated rings. The standard InChI is InChI=1S/C24H32N2O5S2/c1-18-14-19(2)24(20(3)15-18)33(30,31)26(12-10-21-8-6-5-7-9-21)16-23(27)25(4)22-11-13-32(28,29)17-22/h5-9,14-15,22H,10-13,16-17H2,1-4H3. The van der Waals surface area contributed by atoms with E-state index in [0.29, 0.717) is 24.0 Å². The van der Waals surface area contributed by atoms with Crippen LogP contribution in [-0.2, 0) is 31.1 Å². The molecule has 0 spiro atoms. The lowest BCUT2D eigenvalue weighted by molar-refractivity contribution is -0.131. The average molecular weight is 493 g/mol. The molecular formula is C24H32N2O5S2. The Hall–Kier alpha value is -2.23. The van der Waals surface area contributed by atoms with Crippen LogP contribution in [0.15, 0.2) is 47.4 Å². The first-order valence-electron chi connectivity index (χ1n) is 11.0. The van der Waals surface area contributed by atoms with E-state index in [1.165, 1.54) is 9.21 Å². The molecule has 1 aliphatic rings. The number of aryl methyl sites for hydroxylation is 3. The smallest absolute Gasteiger partial charge is 0.244 e. The summed E-state index contributed by atoms with van der Waals surface area (Å²) in [5.41, 5.74) is 3.22. The summed E-state index contributed by atoms with van der Waals surface area (Å²) < 4.78 is 52.4. The number of carbonyl (C=O) groups is 1. The lowest BCUT2D eigenvalue weighted by Gasteiger charge is -2.28. The van der Waals surface area contributed by atoms with E-state index in [-0.39, 0.29) is 29.5 Å². The van der Waals surface area contributed by atoms with E-state index < -0.39 is 31.8 Å². The number of sulfonamides is 1. The van der Waals surface area contributed by atoms with Gasteiger partial charge in [0.2, 0.25) is 15.9 Å². The van der Waals surface area contributed by atoms with E-state index in [4.69, 9.17) is 0 Å². The highest BCUT2D eigenvalue weighted by Gasteiger charge is 2.35. The molecule has 1 amide bonds. The molecule has 3 rings (SSSR count). The molecular weight excluding hydrogens is 460 g/mol. The highest BCUT2D eigenvalue weighted by Crippen LogP contribution is 2.26. The van der Waals surface area contributed by atoms with Crippen LogP contribution in [0.4, 0.5) is 0 Å².